The van der Waals surface area contributed by atoms with Crippen molar-refractivity contribution >= 4 is 11.9 Å². The number of rotatable bonds is 73. The number of esters is 1. The van der Waals surface area contributed by atoms with Crippen molar-refractivity contribution in [2.45, 2.75) is 431 Å². The molecule has 510 valence electrons. The number of amides is 1. The van der Waals surface area contributed by atoms with Crippen LogP contribution in [-0.2, 0) is 14.3 Å². The SMILES string of the molecule is CCCCC/C=C\C/C=C\CCCCCCCC(=O)OCCCCCCCCCCCCC/C=C\C/C=C\CCCCCCCCCCCCCCCCCCCC(=O)NC(CO)C(O)/C=C/CCCCCCCCCCCCCCCCCCCC. The number of allylic oxidation sites excluding steroid dienone is 9. The van der Waals surface area contributed by atoms with Crippen molar-refractivity contribution in [1.82, 2.24) is 5.32 Å². The van der Waals surface area contributed by atoms with Crippen LogP contribution < -0.4 is 5.32 Å². The first-order chi connectivity index (χ1) is 43.0. The summed E-state index contributed by atoms with van der Waals surface area (Å²) in [5.41, 5.74) is 0. The summed E-state index contributed by atoms with van der Waals surface area (Å²) in [5.74, 6) is -0.0596. The minimum absolute atomic E-state index is 0.00260. The van der Waals surface area contributed by atoms with Crippen LogP contribution in [0.15, 0.2) is 60.8 Å². The van der Waals surface area contributed by atoms with Crippen molar-refractivity contribution in [3.63, 3.8) is 0 Å². The van der Waals surface area contributed by atoms with Crippen molar-refractivity contribution in [3.05, 3.63) is 60.8 Å². The third-order valence-electron chi connectivity index (χ3n) is 18.0. The van der Waals surface area contributed by atoms with Gasteiger partial charge in [0.05, 0.1) is 25.4 Å². The molecule has 0 saturated heterocycles. The Kier molecular flexibility index (Phi) is 73.9. The normalized spacial score (nSPS) is 12.8. The molecule has 6 heteroatoms. The number of hydrogen-bond acceptors (Lipinski definition) is 5. The Balaban J connectivity index is 3.40. The van der Waals surface area contributed by atoms with Crippen molar-refractivity contribution in [1.29, 1.82) is 0 Å². The molecule has 6 nitrogen and oxygen atoms in total. The Morgan fingerprint density at radius 1 is 0.322 bits per heavy atom. The molecule has 87 heavy (non-hydrogen) atoms. The number of aliphatic hydroxyl groups is 2. The molecule has 0 aliphatic rings. The highest BCUT2D eigenvalue weighted by Crippen LogP contribution is 2.19. The lowest BCUT2D eigenvalue weighted by atomic mass is 10.0. The molecule has 0 saturated carbocycles. The van der Waals surface area contributed by atoms with Gasteiger partial charge in [-0.05, 0) is 96.3 Å². The molecule has 0 aliphatic carbocycles. The monoisotopic (exact) mass is 1220 g/mol. The Morgan fingerprint density at radius 3 is 0.897 bits per heavy atom. The van der Waals surface area contributed by atoms with Gasteiger partial charge in [-0.15, -0.1) is 0 Å². The average molecular weight is 1220 g/mol. The zero-order chi connectivity index (χ0) is 62.8. The second kappa shape index (κ2) is 76.0. The summed E-state index contributed by atoms with van der Waals surface area (Å²) in [6.45, 7) is 4.91. The minimum atomic E-state index is -0.845. The number of hydrogen-bond donors (Lipinski definition) is 3. The van der Waals surface area contributed by atoms with Crippen molar-refractivity contribution in [2.24, 2.45) is 0 Å². The third kappa shape index (κ3) is 72.5. The smallest absolute Gasteiger partial charge is 0.305 e. The maximum atomic E-state index is 12.5. The molecule has 0 radical (unpaired) electrons. The molecule has 0 bridgehead atoms. The van der Waals surface area contributed by atoms with Crippen LogP contribution in [0.25, 0.3) is 0 Å². The van der Waals surface area contributed by atoms with Crippen molar-refractivity contribution < 1.29 is 24.5 Å². The summed E-state index contributed by atoms with van der Waals surface area (Å²) in [5, 5.41) is 23.3. The highest BCUT2D eigenvalue weighted by atomic mass is 16.5. The van der Waals surface area contributed by atoms with Crippen LogP contribution in [0.3, 0.4) is 0 Å². The van der Waals surface area contributed by atoms with Gasteiger partial charge in [-0.3, -0.25) is 9.59 Å². The standard InChI is InChI=1S/C81H151NO5/c1-3-5-7-9-11-13-15-17-19-20-21-39-42-46-49-53-57-61-65-69-73-79(84)78(77-83)82-80(85)74-70-66-62-58-54-50-47-43-40-37-35-33-31-29-27-25-23-22-24-26-28-30-32-34-36-38-41-44-48-52-56-60-64-68-72-76-87-81(86)75-71-67-63-59-55-51-45-18-16-14-12-10-8-6-4-2/h12,14,18,24,26,30,32,45,69,73,78-79,83-84H,3-11,13,15-17,19-23,25,27-29,31,33-44,46-68,70-72,74-77H2,1-2H3,(H,82,85)/b14-12-,26-24-,32-30-,45-18-,73-69+. The van der Waals surface area contributed by atoms with Crippen molar-refractivity contribution in [3.8, 4) is 0 Å². The molecule has 0 aromatic heterocycles. The van der Waals surface area contributed by atoms with Crippen molar-refractivity contribution in [2.75, 3.05) is 13.2 Å². The van der Waals surface area contributed by atoms with E-state index in [0.717, 1.165) is 57.8 Å². The predicted octanol–water partition coefficient (Wildman–Crippen LogP) is 25.8. The summed E-state index contributed by atoms with van der Waals surface area (Å²) < 4.78 is 5.49. The fraction of sp³-hybridized carbons (Fsp3) is 0.852. The summed E-state index contributed by atoms with van der Waals surface area (Å²) >= 11 is 0. The number of aliphatic hydroxyl groups excluding tert-OH is 2. The van der Waals surface area contributed by atoms with Gasteiger partial charge in [0.2, 0.25) is 5.91 Å². The number of ether oxygens (including phenoxy) is 1. The van der Waals surface area contributed by atoms with E-state index in [1.165, 1.54) is 334 Å². The topological polar surface area (TPSA) is 95.9 Å². The first-order valence-corrected chi connectivity index (χ1v) is 39.1. The predicted molar refractivity (Wildman–Crippen MR) is 384 cm³/mol. The van der Waals surface area contributed by atoms with E-state index < -0.39 is 12.1 Å². The fourth-order valence-electron chi connectivity index (χ4n) is 12.1. The highest BCUT2D eigenvalue weighted by molar-refractivity contribution is 5.76. The molecule has 0 fully saturated rings. The Labute approximate surface area is 543 Å². The van der Waals surface area contributed by atoms with Crippen LogP contribution in [-0.4, -0.2) is 47.4 Å². The first kappa shape index (κ1) is 84.6. The Hall–Kier alpha value is -2.44. The van der Waals surface area contributed by atoms with E-state index in [4.69, 9.17) is 4.74 Å². The quantitative estimate of drug-likeness (QED) is 0.0320. The molecule has 2 unspecified atom stereocenters. The van der Waals surface area contributed by atoms with Gasteiger partial charge in [0, 0.05) is 12.8 Å². The molecule has 2 atom stereocenters. The minimum Gasteiger partial charge on any atom is -0.466 e. The van der Waals surface area contributed by atoms with Gasteiger partial charge in [-0.1, -0.05) is 370 Å². The maximum Gasteiger partial charge on any atom is 0.305 e. The van der Waals surface area contributed by atoms with Gasteiger partial charge < -0.3 is 20.3 Å². The Morgan fingerprint density at radius 2 is 0.575 bits per heavy atom. The van der Waals surface area contributed by atoms with Crippen LogP contribution in [0, 0.1) is 0 Å². The molecule has 1 amide bonds. The fourth-order valence-corrected chi connectivity index (χ4v) is 12.1. The molecular formula is C81H151NO5. The average Bonchev–Trinajstić information content (AvgIpc) is 3.52. The number of carbonyl (C=O) groups is 2. The van der Waals surface area contributed by atoms with Gasteiger partial charge >= 0.3 is 5.97 Å². The first-order valence-electron chi connectivity index (χ1n) is 39.1. The lowest BCUT2D eigenvalue weighted by Crippen LogP contribution is -2.45. The van der Waals surface area contributed by atoms with E-state index in [0.29, 0.717) is 19.4 Å². The van der Waals surface area contributed by atoms with Crippen LogP contribution in [0.5, 0.6) is 0 Å². The van der Waals surface area contributed by atoms with E-state index in [1.807, 2.05) is 6.08 Å². The molecule has 0 aromatic rings. The molecule has 0 aromatic carbocycles. The largest absolute Gasteiger partial charge is 0.466 e. The van der Waals surface area contributed by atoms with E-state index in [9.17, 15) is 19.8 Å². The van der Waals surface area contributed by atoms with Gasteiger partial charge in [0.1, 0.15) is 0 Å². The van der Waals surface area contributed by atoms with Gasteiger partial charge in [-0.2, -0.15) is 0 Å². The summed E-state index contributed by atoms with van der Waals surface area (Å²) in [7, 11) is 0. The van der Waals surface area contributed by atoms with Gasteiger partial charge in [-0.25, -0.2) is 0 Å². The van der Waals surface area contributed by atoms with Crippen LogP contribution in [0.1, 0.15) is 418 Å². The zero-order valence-electron chi connectivity index (χ0n) is 58.5. The Bertz CT molecular complexity index is 1500. The number of carbonyl (C=O) groups excluding carboxylic acids is 2. The highest BCUT2D eigenvalue weighted by Gasteiger charge is 2.18. The molecule has 0 rings (SSSR count). The molecule has 0 aliphatic heterocycles. The van der Waals surface area contributed by atoms with Crippen LogP contribution in [0.4, 0.5) is 0 Å². The third-order valence-corrected chi connectivity index (χ3v) is 18.0. The molecule has 0 heterocycles. The van der Waals surface area contributed by atoms with E-state index in [1.54, 1.807) is 6.08 Å². The van der Waals surface area contributed by atoms with Crippen LogP contribution in [0.2, 0.25) is 0 Å². The molecule has 3 N–H and O–H groups in total. The van der Waals surface area contributed by atoms with E-state index in [2.05, 4.69) is 67.8 Å². The second-order valence-electron chi connectivity index (χ2n) is 26.7. The van der Waals surface area contributed by atoms with E-state index in [-0.39, 0.29) is 18.5 Å². The number of nitrogens with one attached hydrogen (secondary N) is 1. The summed E-state index contributed by atoms with van der Waals surface area (Å²) in [6, 6.07) is -0.628. The van der Waals surface area contributed by atoms with E-state index >= 15 is 0 Å². The zero-order valence-corrected chi connectivity index (χ0v) is 58.5. The summed E-state index contributed by atoms with van der Waals surface area (Å²) in [4.78, 5) is 24.6. The molecular weight excluding hydrogens is 1070 g/mol. The van der Waals surface area contributed by atoms with Gasteiger partial charge in [0.15, 0.2) is 0 Å². The number of unbranched alkanes of at least 4 members (excludes halogenated alkanes) is 54. The van der Waals surface area contributed by atoms with Crippen LogP contribution >= 0.6 is 0 Å². The lowest BCUT2D eigenvalue weighted by Gasteiger charge is -2.20. The summed E-state index contributed by atoms with van der Waals surface area (Å²) in [6.07, 6.45) is 102. The molecule has 0 spiro atoms. The maximum absolute atomic E-state index is 12.5. The second-order valence-corrected chi connectivity index (χ2v) is 26.7. The van der Waals surface area contributed by atoms with Gasteiger partial charge in [0.25, 0.3) is 0 Å². The lowest BCUT2D eigenvalue weighted by molar-refractivity contribution is -0.143.